The van der Waals surface area contributed by atoms with E-state index >= 15 is 0 Å². The summed E-state index contributed by atoms with van der Waals surface area (Å²) in [6, 6.07) is 6.21. The van der Waals surface area contributed by atoms with Crippen molar-refractivity contribution in [2.45, 2.75) is 18.9 Å². The first-order valence-corrected chi connectivity index (χ1v) is 6.65. The number of hydrogen-bond acceptors (Lipinski definition) is 2. The number of ether oxygens (including phenoxy) is 1. The maximum absolute atomic E-state index is 6.19. The predicted molar refractivity (Wildman–Crippen MR) is 71.9 cm³/mol. The Labute approximate surface area is 112 Å². The molecule has 1 aromatic carbocycles. The number of halogens is 2. The van der Waals surface area contributed by atoms with Crippen LogP contribution in [-0.4, -0.2) is 26.3 Å². The molecule has 1 saturated heterocycles. The van der Waals surface area contributed by atoms with Gasteiger partial charge in [-0.3, -0.25) is 0 Å². The Morgan fingerprint density at radius 1 is 1.41 bits per heavy atom. The summed E-state index contributed by atoms with van der Waals surface area (Å²) in [5.74, 6) is 0.479. The highest BCUT2D eigenvalue weighted by Gasteiger charge is 2.25. The van der Waals surface area contributed by atoms with Crippen LogP contribution >= 0.6 is 23.2 Å². The molecule has 0 aliphatic carbocycles. The summed E-state index contributed by atoms with van der Waals surface area (Å²) >= 11 is 12.1. The Hall–Kier alpha value is -0.280. The molecule has 2 rings (SSSR count). The molecule has 1 heterocycles. The van der Waals surface area contributed by atoms with Crippen LogP contribution < -0.4 is 5.32 Å². The van der Waals surface area contributed by atoms with E-state index in [-0.39, 0.29) is 0 Å². The largest absolute Gasteiger partial charge is 0.381 e. The molecule has 17 heavy (non-hydrogen) atoms. The van der Waals surface area contributed by atoms with Gasteiger partial charge in [0, 0.05) is 28.6 Å². The summed E-state index contributed by atoms with van der Waals surface area (Å²) in [5, 5.41) is 4.79. The zero-order valence-electron chi connectivity index (χ0n) is 9.88. The van der Waals surface area contributed by atoms with E-state index in [2.05, 4.69) is 5.32 Å². The third kappa shape index (κ3) is 3.35. The Kier molecular flexibility index (Phi) is 4.69. The van der Waals surface area contributed by atoms with E-state index in [9.17, 15) is 0 Å². The van der Waals surface area contributed by atoms with Crippen molar-refractivity contribution in [1.29, 1.82) is 0 Å². The van der Waals surface area contributed by atoms with Crippen LogP contribution in [0, 0.1) is 5.92 Å². The SMILES string of the molecule is CN[C@H]1CCOC[C@H]1Cc1ccc(Cl)cc1Cl. The normalized spacial score (nSPS) is 24.9. The van der Waals surface area contributed by atoms with Crippen molar-refractivity contribution in [3.8, 4) is 0 Å². The highest BCUT2D eigenvalue weighted by molar-refractivity contribution is 6.35. The van der Waals surface area contributed by atoms with Gasteiger partial charge < -0.3 is 10.1 Å². The molecular formula is C13H17Cl2NO. The molecule has 1 aliphatic heterocycles. The van der Waals surface area contributed by atoms with Gasteiger partial charge >= 0.3 is 0 Å². The molecule has 1 fully saturated rings. The molecule has 1 aromatic rings. The van der Waals surface area contributed by atoms with E-state index in [4.69, 9.17) is 27.9 Å². The smallest absolute Gasteiger partial charge is 0.0512 e. The number of rotatable bonds is 3. The van der Waals surface area contributed by atoms with E-state index < -0.39 is 0 Å². The fraction of sp³-hybridized carbons (Fsp3) is 0.538. The summed E-state index contributed by atoms with van der Waals surface area (Å²) in [4.78, 5) is 0. The van der Waals surface area contributed by atoms with Crippen molar-refractivity contribution >= 4 is 23.2 Å². The Morgan fingerprint density at radius 3 is 2.94 bits per heavy atom. The molecule has 0 saturated carbocycles. The van der Waals surface area contributed by atoms with Gasteiger partial charge in [0.2, 0.25) is 0 Å². The second-order valence-corrected chi connectivity index (χ2v) is 5.30. The molecular weight excluding hydrogens is 257 g/mol. The molecule has 0 bridgehead atoms. The van der Waals surface area contributed by atoms with Gasteiger partial charge in [0.15, 0.2) is 0 Å². The molecule has 0 amide bonds. The maximum atomic E-state index is 6.19. The van der Waals surface area contributed by atoms with Gasteiger partial charge in [-0.15, -0.1) is 0 Å². The summed E-state index contributed by atoms with van der Waals surface area (Å²) < 4.78 is 5.54. The van der Waals surface area contributed by atoms with Crippen molar-refractivity contribution in [3.05, 3.63) is 33.8 Å². The van der Waals surface area contributed by atoms with Crippen LogP contribution in [0.25, 0.3) is 0 Å². The molecule has 0 unspecified atom stereocenters. The molecule has 94 valence electrons. The second kappa shape index (κ2) is 6.05. The molecule has 2 nitrogen and oxygen atoms in total. The fourth-order valence-corrected chi connectivity index (χ4v) is 2.83. The molecule has 0 radical (unpaired) electrons. The van der Waals surface area contributed by atoms with E-state index in [0.29, 0.717) is 17.0 Å². The average Bonchev–Trinajstić information content (AvgIpc) is 2.33. The highest BCUT2D eigenvalue weighted by Crippen LogP contribution is 2.26. The van der Waals surface area contributed by atoms with E-state index in [0.717, 1.165) is 36.6 Å². The topological polar surface area (TPSA) is 21.3 Å². The summed E-state index contributed by atoms with van der Waals surface area (Å²) in [6.45, 7) is 1.64. The second-order valence-electron chi connectivity index (χ2n) is 4.46. The van der Waals surface area contributed by atoms with Crippen LogP contribution in [0.3, 0.4) is 0 Å². The number of hydrogen-bond donors (Lipinski definition) is 1. The first-order valence-electron chi connectivity index (χ1n) is 5.89. The van der Waals surface area contributed by atoms with Crippen LogP contribution in [0.1, 0.15) is 12.0 Å². The van der Waals surface area contributed by atoms with Crippen LogP contribution in [0.4, 0.5) is 0 Å². The summed E-state index contributed by atoms with van der Waals surface area (Å²) in [7, 11) is 2.01. The first-order chi connectivity index (χ1) is 8.20. The Bertz CT molecular complexity index is 384. The molecule has 0 aromatic heterocycles. The standard InChI is InChI=1S/C13H17Cl2NO/c1-16-13-4-5-17-8-10(13)6-9-2-3-11(14)7-12(9)15/h2-3,7,10,13,16H,4-6,8H2,1H3/t10-,13+/m1/s1. The minimum Gasteiger partial charge on any atom is -0.381 e. The van der Waals surface area contributed by atoms with Crippen molar-refractivity contribution in [3.63, 3.8) is 0 Å². The third-order valence-corrected chi connectivity index (χ3v) is 3.93. The predicted octanol–water partition coefficient (Wildman–Crippen LogP) is 3.16. The minimum atomic E-state index is 0.479. The highest BCUT2D eigenvalue weighted by atomic mass is 35.5. The van der Waals surface area contributed by atoms with Crippen molar-refractivity contribution in [1.82, 2.24) is 5.32 Å². The monoisotopic (exact) mass is 273 g/mol. The molecule has 0 spiro atoms. The average molecular weight is 274 g/mol. The number of nitrogens with one attached hydrogen (secondary N) is 1. The van der Waals surface area contributed by atoms with Crippen molar-refractivity contribution in [2.24, 2.45) is 5.92 Å². The van der Waals surface area contributed by atoms with Crippen LogP contribution in [0.15, 0.2) is 18.2 Å². The lowest BCUT2D eigenvalue weighted by atomic mass is 9.89. The molecule has 1 aliphatic rings. The summed E-state index contributed by atoms with van der Waals surface area (Å²) in [6.07, 6.45) is 1.99. The molecule has 1 N–H and O–H groups in total. The van der Waals surface area contributed by atoms with Crippen LogP contribution in [0.5, 0.6) is 0 Å². The zero-order chi connectivity index (χ0) is 12.3. The van der Waals surface area contributed by atoms with Gasteiger partial charge in [0.25, 0.3) is 0 Å². The van der Waals surface area contributed by atoms with Crippen LogP contribution in [0.2, 0.25) is 10.0 Å². The Morgan fingerprint density at radius 2 is 2.24 bits per heavy atom. The minimum absolute atomic E-state index is 0.479. The van der Waals surface area contributed by atoms with Gasteiger partial charge in [-0.2, -0.15) is 0 Å². The third-order valence-electron chi connectivity index (χ3n) is 3.34. The van der Waals surface area contributed by atoms with Gasteiger partial charge in [-0.1, -0.05) is 29.3 Å². The van der Waals surface area contributed by atoms with Gasteiger partial charge in [-0.05, 0) is 37.6 Å². The summed E-state index contributed by atoms with van der Waals surface area (Å²) in [5.41, 5.74) is 1.15. The van der Waals surface area contributed by atoms with Crippen molar-refractivity contribution < 1.29 is 4.74 Å². The van der Waals surface area contributed by atoms with Gasteiger partial charge in [-0.25, -0.2) is 0 Å². The Balaban J connectivity index is 2.08. The lowest BCUT2D eigenvalue weighted by Gasteiger charge is -2.31. The zero-order valence-corrected chi connectivity index (χ0v) is 11.4. The van der Waals surface area contributed by atoms with E-state index in [1.807, 2.05) is 19.2 Å². The quantitative estimate of drug-likeness (QED) is 0.914. The van der Waals surface area contributed by atoms with E-state index in [1.54, 1.807) is 6.07 Å². The molecule has 2 atom stereocenters. The van der Waals surface area contributed by atoms with Gasteiger partial charge in [0.05, 0.1) is 6.61 Å². The maximum Gasteiger partial charge on any atom is 0.0512 e. The lowest BCUT2D eigenvalue weighted by Crippen LogP contribution is -2.41. The van der Waals surface area contributed by atoms with Gasteiger partial charge in [0.1, 0.15) is 0 Å². The van der Waals surface area contributed by atoms with Crippen molar-refractivity contribution in [2.75, 3.05) is 20.3 Å². The fourth-order valence-electron chi connectivity index (χ4n) is 2.35. The molecule has 4 heteroatoms. The van der Waals surface area contributed by atoms with E-state index in [1.165, 1.54) is 0 Å². The lowest BCUT2D eigenvalue weighted by molar-refractivity contribution is 0.0342. The first kappa shape index (κ1) is 13.2. The van der Waals surface area contributed by atoms with Crippen LogP contribution in [-0.2, 0) is 11.2 Å². The number of benzene rings is 1.